The molecule has 0 saturated heterocycles. The lowest BCUT2D eigenvalue weighted by Crippen LogP contribution is -2.32. The Bertz CT molecular complexity index is 555. The molecule has 0 spiro atoms. The molecular weight excluding hydrogens is 276 g/mol. The predicted octanol–water partition coefficient (Wildman–Crippen LogP) is 0.973. The number of aliphatic hydroxyl groups excluding tert-OH is 1. The normalized spacial score (nSPS) is 17.7. The van der Waals surface area contributed by atoms with Crippen molar-refractivity contribution in [1.29, 1.82) is 0 Å². The van der Waals surface area contributed by atoms with Gasteiger partial charge in [0.25, 0.3) is 0 Å². The summed E-state index contributed by atoms with van der Waals surface area (Å²) in [5.41, 5.74) is 5.50. The van der Waals surface area contributed by atoms with Crippen LogP contribution in [0.2, 0.25) is 5.02 Å². The lowest BCUT2D eigenvalue weighted by atomic mass is 10.1. The number of nitrogen functional groups attached to an aromatic ring is 1. The number of anilines is 1. The van der Waals surface area contributed by atoms with Crippen molar-refractivity contribution in [3.8, 4) is 0 Å². The minimum absolute atomic E-state index is 0.0133. The molecule has 1 aromatic carbocycles. The first-order valence-electron chi connectivity index (χ1n) is 5.54. The van der Waals surface area contributed by atoms with Gasteiger partial charge < -0.3 is 10.8 Å². The van der Waals surface area contributed by atoms with E-state index in [0.717, 1.165) is 12.8 Å². The molecule has 1 aromatic rings. The third-order valence-corrected chi connectivity index (χ3v) is 4.89. The fourth-order valence-electron chi connectivity index (χ4n) is 1.63. The second-order valence-electron chi connectivity index (χ2n) is 4.66. The van der Waals surface area contributed by atoms with Crippen LogP contribution in [0, 0.1) is 5.41 Å². The van der Waals surface area contributed by atoms with E-state index < -0.39 is 10.0 Å². The average molecular weight is 291 g/mol. The zero-order chi connectivity index (χ0) is 13.4. The molecule has 0 radical (unpaired) electrons. The second-order valence-corrected chi connectivity index (χ2v) is 6.84. The molecular formula is C11H15ClN2O3S. The second kappa shape index (κ2) is 4.70. The number of halogens is 1. The summed E-state index contributed by atoms with van der Waals surface area (Å²) in [6, 6.07) is 4.31. The highest BCUT2D eigenvalue weighted by molar-refractivity contribution is 7.89. The number of nitrogens with one attached hydrogen (secondary N) is 1. The van der Waals surface area contributed by atoms with Gasteiger partial charge in [-0.3, -0.25) is 0 Å². The minimum atomic E-state index is -3.69. The highest BCUT2D eigenvalue weighted by atomic mass is 35.5. The highest BCUT2D eigenvalue weighted by Gasteiger charge is 2.42. The zero-order valence-corrected chi connectivity index (χ0v) is 11.3. The molecule has 2 rings (SSSR count). The Morgan fingerprint density at radius 2 is 2.11 bits per heavy atom. The molecule has 0 amide bonds. The van der Waals surface area contributed by atoms with Crippen LogP contribution in [0.1, 0.15) is 12.8 Å². The van der Waals surface area contributed by atoms with Crippen LogP contribution in [0.15, 0.2) is 23.1 Å². The fraction of sp³-hybridized carbons (Fsp3) is 0.455. The van der Waals surface area contributed by atoms with Crippen molar-refractivity contribution < 1.29 is 13.5 Å². The predicted molar refractivity (Wildman–Crippen MR) is 69.8 cm³/mol. The monoisotopic (exact) mass is 290 g/mol. The summed E-state index contributed by atoms with van der Waals surface area (Å²) in [6.45, 7) is 0.207. The van der Waals surface area contributed by atoms with Crippen molar-refractivity contribution in [2.24, 2.45) is 5.41 Å². The van der Waals surface area contributed by atoms with Crippen LogP contribution >= 0.6 is 11.6 Å². The van der Waals surface area contributed by atoms with Gasteiger partial charge in [0, 0.05) is 23.6 Å². The van der Waals surface area contributed by atoms with Crippen molar-refractivity contribution in [2.45, 2.75) is 17.7 Å². The van der Waals surface area contributed by atoms with Gasteiger partial charge in [0.15, 0.2) is 0 Å². The molecule has 18 heavy (non-hydrogen) atoms. The maximum Gasteiger partial charge on any atom is 0.242 e. The molecule has 1 saturated carbocycles. The number of sulfonamides is 1. The summed E-state index contributed by atoms with van der Waals surface area (Å²) in [4.78, 5) is -0.0243. The van der Waals surface area contributed by atoms with Crippen LogP contribution in [0.4, 0.5) is 5.69 Å². The number of benzene rings is 1. The summed E-state index contributed by atoms with van der Waals surface area (Å²) in [6.07, 6.45) is 1.66. The molecule has 0 atom stereocenters. The molecule has 1 aliphatic carbocycles. The zero-order valence-electron chi connectivity index (χ0n) is 9.69. The Morgan fingerprint density at radius 3 is 2.67 bits per heavy atom. The summed E-state index contributed by atoms with van der Waals surface area (Å²) >= 11 is 5.76. The Labute approximate surface area is 111 Å². The number of hydrogen-bond donors (Lipinski definition) is 3. The number of aliphatic hydroxyl groups is 1. The molecule has 0 bridgehead atoms. The lowest BCUT2D eigenvalue weighted by Gasteiger charge is -2.14. The largest absolute Gasteiger partial charge is 0.398 e. The van der Waals surface area contributed by atoms with Gasteiger partial charge in [-0.15, -0.1) is 0 Å². The van der Waals surface area contributed by atoms with E-state index in [9.17, 15) is 8.42 Å². The maximum absolute atomic E-state index is 12.1. The van der Waals surface area contributed by atoms with E-state index in [-0.39, 0.29) is 29.1 Å². The topological polar surface area (TPSA) is 92.4 Å². The third-order valence-electron chi connectivity index (χ3n) is 3.19. The van der Waals surface area contributed by atoms with Crippen LogP contribution in [0.25, 0.3) is 0 Å². The molecule has 1 fully saturated rings. The van der Waals surface area contributed by atoms with Crippen molar-refractivity contribution in [1.82, 2.24) is 4.72 Å². The number of rotatable bonds is 5. The molecule has 0 aliphatic heterocycles. The Morgan fingerprint density at radius 1 is 1.44 bits per heavy atom. The van der Waals surface area contributed by atoms with E-state index in [1.54, 1.807) is 0 Å². The van der Waals surface area contributed by atoms with Crippen LogP contribution < -0.4 is 10.5 Å². The van der Waals surface area contributed by atoms with Gasteiger partial charge in [0.05, 0.1) is 5.69 Å². The van der Waals surface area contributed by atoms with E-state index >= 15 is 0 Å². The lowest BCUT2D eigenvalue weighted by molar-refractivity contribution is 0.213. The van der Waals surface area contributed by atoms with Crippen molar-refractivity contribution in [3.05, 3.63) is 23.2 Å². The first kappa shape index (κ1) is 13.6. The van der Waals surface area contributed by atoms with Gasteiger partial charge in [-0.1, -0.05) is 11.6 Å². The van der Waals surface area contributed by atoms with Crippen LogP contribution in [-0.2, 0) is 10.0 Å². The number of hydrogen-bond acceptors (Lipinski definition) is 4. The SMILES string of the molecule is Nc1ccc(Cl)cc1S(=O)(=O)NCC1(CO)CC1. The smallest absolute Gasteiger partial charge is 0.242 e. The molecule has 7 heteroatoms. The first-order valence-corrected chi connectivity index (χ1v) is 7.40. The third kappa shape index (κ3) is 2.77. The van der Waals surface area contributed by atoms with Crippen molar-refractivity contribution in [2.75, 3.05) is 18.9 Å². The van der Waals surface area contributed by atoms with Crippen LogP contribution in [0.5, 0.6) is 0 Å². The Balaban J connectivity index is 2.18. The fourth-order valence-corrected chi connectivity index (χ4v) is 3.18. The maximum atomic E-state index is 12.1. The minimum Gasteiger partial charge on any atom is -0.398 e. The molecule has 5 nitrogen and oxygen atoms in total. The number of nitrogens with two attached hydrogens (primary N) is 1. The van der Waals surface area contributed by atoms with Crippen molar-refractivity contribution >= 4 is 27.3 Å². The van der Waals surface area contributed by atoms with Crippen molar-refractivity contribution in [3.63, 3.8) is 0 Å². The van der Waals surface area contributed by atoms with Gasteiger partial charge in [0.1, 0.15) is 4.90 Å². The van der Waals surface area contributed by atoms with Crippen LogP contribution in [0.3, 0.4) is 0 Å². The quantitative estimate of drug-likeness (QED) is 0.705. The molecule has 1 aliphatic rings. The summed E-state index contributed by atoms with van der Waals surface area (Å²) < 4.78 is 26.6. The van der Waals surface area contributed by atoms with E-state index in [1.165, 1.54) is 18.2 Å². The van der Waals surface area contributed by atoms with Gasteiger partial charge in [-0.05, 0) is 31.0 Å². The van der Waals surface area contributed by atoms with Gasteiger partial charge in [0.2, 0.25) is 10.0 Å². The van der Waals surface area contributed by atoms with E-state index in [4.69, 9.17) is 22.4 Å². The summed E-state index contributed by atoms with van der Waals surface area (Å²) in [5, 5.41) is 9.45. The molecule has 4 N–H and O–H groups in total. The Hall–Kier alpha value is -0.820. The van der Waals surface area contributed by atoms with Gasteiger partial charge in [-0.25, -0.2) is 13.1 Å². The summed E-state index contributed by atoms with van der Waals surface area (Å²) in [5.74, 6) is 0. The van der Waals surface area contributed by atoms with E-state index in [2.05, 4.69) is 4.72 Å². The van der Waals surface area contributed by atoms with Crippen LogP contribution in [-0.4, -0.2) is 26.7 Å². The summed E-state index contributed by atoms with van der Waals surface area (Å²) in [7, 11) is -3.69. The van der Waals surface area contributed by atoms with E-state index in [1.807, 2.05) is 0 Å². The highest BCUT2D eigenvalue weighted by Crippen LogP contribution is 2.44. The van der Waals surface area contributed by atoms with E-state index in [0.29, 0.717) is 5.02 Å². The first-order chi connectivity index (χ1) is 8.38. The Kier molecular flexibility index (Phi) is 3.55. The molecule has 100 valence electrons. The standard InChI is InChI=1S/C11H15ClN2O3S/c12-8-1-2-9(13)10(5-8)18(16,17)14-6-11(7-15)3-4-11/h1-2,5,14-15H,3-4,6-7,13H2. The van der Waals surface area contributed by atoms with Gasteiger partial charge >= 0.3 is 0 Å². The molecule has 0 heterocycles. The molecule has 0 unspecified atom stereocenters. The molecule has 0 aromatic heterocycles. The average Bonchev–Trinajstić information content (AvgIpc) is 3.11. The van der Waals surface area contributed by atoms with Gasteiger partial charge in [-0.2, -0.15) is 0 Å².